The molecule has 2 fully saturated rings. The summed E-state index contributed by atoms with van der Waals surface area (Å²) in [7, 11) is 0. The lowest BCUT2D eigenvalue weighted by Crippen LogP contribution is -2.42. The zero-order valence-corrected chi connectivity index (χ0v) is 17.8. The standard InChI is InChI=1S/C20H31N3O.HI/c1-3-21-19(22-14-17-8-9-17)23-15-20(10-12-24-13-11-20)18-7-5-4-6-16(18)2;/h4-7,17H,3,8-15H2,1-2H3,(H2,21,22,23);1H. The molecule has 1 saturated heterocycles. The van der Waals surface area contributed by atoms with Gasteiger partial charge in [0.25, 0.3) is 0 Å². The molecule has 5 heteroatoms. The second-order valence-corrected chi connectivity index (χ2v) is 7.23. The highest BCUT2D eigenvalue weighted by atomic mass is 127. The number of hydrogen-bond acceptors (Lipinski definition) is 2. The van der Waals surface area contributed by atoms with E-state index in [2.05, 4.69) is 48.7 Å². The van der Waals surface area contributed by atoms with Crippen molar-refractivity contribution >= 4 is 29.9 Å². The van der Waals surface area contributed by atoms with Crippen LogP contribution in [0, 0.1) is 12.8 Å². The lowest BCUT2D eigenvalue weighted by Gasteiger charge is -2.37. The van der Waals surface area contributed by atoms with Gasteiger partial charge in [-0.15, -0.1) is 24.0 Å². The number of hydrogen-bond donors (Lipinski definition) is 2. The topological polar surface area (TPSA) is 45.7 Å². The Morgan fingerprint density at radius 2 is 1.92 bits per heavy atom. The first kappa shape index (κ1) is 20.5. The lowest BCUT2D eigenvalue weighted by atomic mass is 9.72. The molecule has 2 N–H and O–H groups in total. The summed E-state index contributed by atoms with van der Waals surface area (Å²) in [5, 5.41) is 6.91. The summed E-state index contributed by atoms with van der Waals surface area (Å²) in [6.45, 7) is 8.77. The molecular weight excluding hydrogens is 425 g/mol. The first-order valence-corrected chi connectivity index (χ1v) is 9.39. The Morgan fingerprint density at radius 1 is 1.20 bits per heavy atom. The van der Waals surface area contributed by atoms with Gasteiger partial charge in [-0.1, -0.05) is 24.3 Å². The molecule has 0 bridgehead atoms. The molecular formula is C20H32IN3O. The predicted octanol–water partition coefficient (Wildman–Crippen LogP) is 3.63. The van der Waals surface area contributed by atoms with Crippen molar-refractivity contribution in [3.63, 3.8) is 0 Å². The normalized spacial score (nSPS) is 19.8. The summed E-state index contributed by atoms with van der Waals surface area (Å²) < 4.78 is 5.65. The van der Waals surface area contributed by atoms with E-state index in [0.717, 1.165) is 57.6 Å². The fraction of sp³-hybridized carbons (Fsp3) is 0.650. The van der Waals surface area contributed by atoms with Gasteiger partial charge >= 0.3 is 0 Å². The average molecular weight is 457 g/mol. The van der Waals surface area contributed by atoms with Crippen LogP contribution in [0.5, 0.6) is 0 Å². The quantitative estimate of drug-likeness (QED) is 0.390. The highest BCUT2D eigenvalue weighted by molar-refractivity contribution is 14.0. The molecule has 1 aliphatic heterocycles. The van der Waals surface area contributed by atoms with Gasteiger partial charge < -0.3 is 15.4 Å². The zero-order valence-electron chi connectivity index (χ0n) is 15.5. The Kier molecular flexibility index (Phi) is 8.00. The van der Waals surface area contributed by atoms with Crippen molar-refractivity contribution in [2.45, 2.75) is 44.9 Å². The minimum absolute atomic E-state index is 0. The molecule has 1 aromatic carbocycles. The van der Waals surface area contributed by atoms with Crippen molar-refractivity contribution in [3.8, 4) is 0 Å². The van der Waals surface area contributed by atoms with Crippen LogP contribution in [0.1, 0.15) is 43.7 Å². The lowest BCUT2D eigenvalue weighted by molar-refractivity contribution is 0.0529. The molecule has 0 unspecified atom stereocenters. The molecule has 0 atom stereocenters. The Morgan fingerprint density at radius 3 is 2.56 bits per heavy atom. The Bertz CT molecular complexity index is 566. The SMILES string of the molecule is CCNC(=NCC1(c2ccccc2C)CCOCC1)NCC1CC1.I. The van der Waals surface area contributed by atoms with Crippen LogP contribution in [-0.4, -0.2) is 38.8 Å². The highest BCUT2D eigenvalue weighted by Crippen LogP contribution is 2.37. The van der Waals surface area contributed by atoms with Gasteiger partial charge in [-0.2, -0.15) is 0 Å². The van der Waals surface area contributed by atoms with Crippen molar-refractivity contribution in [3.05, 3.63) is 35.4 Å². The van der Waals surface area contributed by atoms with E-state index >= 15 is 0 Å². The molecule has 1 aliphatic carbocycles. The zero-order chi connectivity index (χ0) is 16.8. The van der Waals surface area contributed by atoms with Crippen LogP contribution in [0.25, 0.3) is 0 Å². The van der Waals surface area contributed by atoms with Crippen LogP contribution >= 0.6 is 24.0 Å². The van der Waals surface area contributed by atoms with Crippen LogP contribution in [0.4, 0.5) is 0 Å². The van der Waals surface area contributed by atoms with Crippen molar-refractivity contribution < 1.29 is 4.74 Å². The smallest absolute Gasteiger partial charge is 0.191 e. The van der Waals surface area contributed by atoms with Crippen LogP contribution in [0.15, 0.2) is 29.3 Å². The maximum atomic E-state index is 5.65. The third-order valence-corrected chi connectivity index (χ3v) is 5.31. The summed E-state index contributed by atoms with van der Waals surface area (Å²) in [5.74, 6) is 1.81. The third-order valence-electron chi connectivity index (χ3n) is 5.31. The number of guanidine groups is 1. The highest BCUT2D eigenvalue weighted by Gasteiger charge is 2.35. The maximum Gasteiger partial charge on any atom is 0.191 e. The molecule has 25 heavy (non-hydrogen) atoms. The number of benzene rings is 1. The summed E-state index contributed by atoms with van der Waals surface area (Å²) >= 11 is 0. The number of aryl methyl sites for hydroxylation is 1. The summed E-state index contributed by atoms with van der Waals surface area (Å²) in [6, 6.07) is 8.77. The molecule has 1 saturated carbocycles. The van der Waals surface area contributed by atoms with E-state index in [1.807, 2.05) is 0 Å². The van der Waals surface area contributed by atoms with Crippen molar-refractivity contribution in [2.24, 2.45) is 10.9 Å². The van der Waals surface area contributed by atoms with Gasteiger partial charge in [-0.3, -0.25) is 4.99 Å². The average Bonchev–Trinajstić information content (AvgIpc) is 3.43. The third kappa shape index (κ3) is 5.58. The maximum absolute atomic E-state index is 5.65. The van der Waals surface area contributed by atoms with Gasteiger partial charge in [0, 0.05) is 31.7 Å². The Labute approximate surface area is 169 Å². The summed E-state index contributed by atoms with van der Waals surface area (Å²) in [6.07, 6.45) is 4.81. The molecule has 140 valence electrons. The minimum Gasteiger partial charge on any atom is -0.381 e. The molecule has 2 aliphatic rings. The van der Waals surface area contributed by atoms with Crippen LogP contribution < -0.4 is 10.6 Å². The van der Waals surface area contributed by atoms with Crippen molar-refractivity contribution in [2.75, 3.05) is 32.8 Å². The van der Waals surface area contributed by atoms with E-state index in [-0.39, 0.29) is 29.4 Å². The number of nitrogens with one attached hydrogen (secondary N) is 2. The van der Waals surface area contributed by atoms with E-state index < -0.39 is 0 Å². The van der Waals surface area contributed by atoms with Gasteiger partial charge in [0.2, 0.25) is 0 Å². The fourth-order valence-corrected chi connectivity index (χ4v) is 3.58. The summed E-state index contributed by atoms with van der Waals surface area (Å²) in [4.78, 5) is 4.97. The van der Waals surface area contributed by atoms with E-state index in [4.69, 9.17) is 9.73 Å². The van der Waals surface area contributed by atoms with Crippen LogP contribution in [-0.2, 0) is 10.2 Å². The van der Waals surface area contributed by atoms with Crippen LogP contribution in [0.3, 0.4) is 0 Å². The van der Waals surface area contributed by atoms with E-state index in [9.17, 15) is 0 Å². The van der Waals surface area contributed by atoms with Gasteiger partial charge in [0.15, 0.2) is 5.96 Å². The van der Waals surface area contributed by atoms with Gasteiger partial charge in [-0.25, -0.2) is 0 Å². The molecule has 0 amide bonds. The van der Waals surface area contributed by atoms with Gasteiger partial charge in [-0.05, 0) is 56.6 Å². The number of ether oxygens (including phenoxy) is 1. The first-order chi connectivity index (χ1) is 11.7. The second kappa shape index (κ2) is 9.76. The number of rotatable bonds is 6. The monoisotopic (exact) mass is 457 g/mol. The van der Waals surface area contributed by atoms with E-state index in [1.165, 1.54) is 24.0 Å². The molecule has 3 rings (SSSR count). The molecule has 1 heterocycles. The van der Waals surface area contributed by atoms with Gasteiger partial charge in [0.05, 0.1) is 6.54 Å². The first-order valence-electron chi connectivity index (χ1n) is 9.39. The second-order valence-electron chi connectivity index (χ2n) is 7.23. The Balaban J connectivity index is 0.00000225. The van der Waals surface area contributed by atoms with E-state index in [1.54, 1.807) is 0 Å². The molecule has 0 aromatic heterocycles. The van der Waals surface area contributed by atoms with Crippen molar-refractivity contribution in [1.29, 1.82) is 0 Å². The molecule has 0 spiro atoms. The molecule has 4 nitrogen and oxygen atoms in total. The van der Waals surface area contributed by atoms with E-state index in [0.29, 0.717) is 0 Å². The molecule has 0 radical (unpaired) electrons. The summed E-state index contributed by atoms with van der Waals surface area (Å²) in [5.41, 5.74) is 2.91. The van der Waals surface area contributed by atoms with Gasteiger partial charge in [0.1, 0.15) is 0 Å². The largest absolute Gasteiger partial charge is 0.381 e. The number of nitrogens with zero attached hydrogens (tertiary/aromatic N) is 1. The molecule has 1 aromatic rings. The number of aliphatic imine (C=N–C) groups is 1. The number of halogens is 1. The fourth-order valence-electron chi connectivity index (χ4n) is 3.58. The minimum atomic E-state index is 0. The Hall–Kier alpha value is -0.820. The van der Waals surface area contributed by atoms with Crippen LogP contribution in [0.2, 0.25) is 0 Å². The predicted molar refractivity (Wildman–Crippen MR) is 115 cm³/mol. The van der Waals surface area contributed by atoms with Crippen molar-refractivity contribution in [1.82, 2.24) is 10.6 Å².